The highest BCUT2D eigenvalue weighted by Gasteiger charge is 2.35. The molecular weight excluding hydrogens is 455 g/mol. The number of alkyl halides is 3. The first kappa shape index (κ1) is 24.9. The summed E-state index contributed by atoms with van der Waals surface area (Å²) in [4.78, 5) is 0. The van der Waals surface area contributed by atoms with Gasteiger partial charge in [0.1, 0.15) is 21.5 Å². The molecule has 3 rings (SSSR count). The molecule has 1 unspecified atom stereocenters. The first-order valence-corrected chi connectivity index (χ1v) is 11.3. The molecule has 0 saturated carbocycles. The smallest absolute Gasteiger partial charge is 0.419 e. The molecule has 33 heavy (non-hydrogen) atoms. The number of hydrogen-bond acceptors (Lipinski definition) is 7. The molecule has 0 fully saturated rings. The second-order valence-electron chi connectivity index (χ2n) is 7.51. The summed E-state index contributed by atoms with van der Waals surface area (Å²) in [6.45, 7) is 2.38. The van der Waals surface area contributed by atoms with Crippen molar-refractivity contribution in [1.82, 2.24) is 10.2 Å². The molecule has 3 aromatic rings. The van der Waals surface area contributed by atoms with Gasteiger partial charge in [0.2, 0.25) is 0 Å². The van der Waals surface area contributed by atoms with Crippen LogP contribution in [0.1, 0.15) is 41.4 Å². The number of aliphatic hydroxyl groups excluding tert-OH is 1. The summed E-state index contributed by atoms with van der Waals surface area (Å²) in [7, 11) is 0. The Bertz CT molecular complexity index is 1030. The van der Waals surface area contributed by atoms with Gasteiger partial charge in [0.05, 0.1) is 31.4 Å². The van der Waals surface area contributed by atoms with Gasteiger partial charge in [-0.3, -0.25) is 0 Å². The third-order valence-corrected chi connectivity index (χ3v) is 5.93. The van der Waals surface area contributed by atoms with E-state index in [0.29, 0.717) is 23.0 Å². The molecule has 0 aliphatic carbocycles. The topological polar surface area (TPSA) is 90.5 Å². The number of aromatic nitrogens is 2. The van der Waals surface area contributed by atoms with E-state index in [1.54, 1.807) is 0 Å². The SMILES string of the molecule is Cc1ccc(OCCCCCOc2ccc(-c3nnc(C(N)CO)s3)cc2C(F)(F)F)cc1. The Hall–Kier alpha value is -2.69. The van der Waals surface area contributed by atoms with Crippen molar-refractivity contribution in [2.75, 3.05) is 19.8 Å². The van der Waals surface area contributed by atoms with Crippen LogP contribution in [0.25, 0.3) is 10.6 Å². The third kappa shape index (κ3) is 7.15. The Balaban J connectivity index is 1.53. The lowest BCUT2D eigenvalue weighted by Gasteiger charge is -2.15. The first-order valence-electron chi connectivity index (χ1n) is 10.5. The number of halogens is 3. The molecule has 10 heteroatoms. The van der Waals surface area contributed by atoms with Crippen LogP contribution < -0.4 is 15.2 Å². The molecule has 178 valence electrons. The van der Waals surface area contributed by atoms with Crippen molar-refractivity contribution in [3.63, 3.8) is 0 Å². The molecular formula is C23H26F3N3O3S. The molecule has 0 bridgehead atoms. The van der Waals surface area contributed by atoms with Gasteiger partial charge in [-0.1, -0.05) is 29.0 Å². The summed E-state index contributed by atoms with van der Waals surface area (Å²) in [5.41, 5.74) is 6.24. The number of nitrogens with two attached hydrogens (primary N) is 1. The van der Waals surface area contributed by atoms with Gasteiger partial charge in [-0.15, -0.1) is 10.2 Å². The zero-order valence-electron chi connectivity index (χ0n) is 18.1. The minimum absolute atomic E-state index is 0.168. The van der Waals surface area contributed by atoms with Gasteiger partial charge in [0, 0.05) is 5.56 Å². The summed E-state index contributed by atoms with van der Waals surface area (Å²) in [5, 5.41) is 17.5. The number of hydrogen-bond donors (Lipinski definition) is 2. The van der Waals surface area contributed by atoms with Gasteiger partial charge in [-0.2, -0.15) is 13.2 Å². The lowest BCUT2D eigenvalue weighted by Crippen LogP contribution is -2.13. The summed E-state index contributed by atoms with van der Waals surface area (Å²) < 4.78 is 51.9. The molecule has 1 aromatic heterocycles. The van der Waals surface area contributed by atoms with E-state index >= 15 is 0 Å². The molecule has 0 spiro atoms. The molecule has 2 aromatic carbocycles. The first-order chi connectivity index (χ1) is 15.8. The summed E-state index contributed by atoms with van der Waals surface area (Å²) in [6.07, 6.45) is -2.43. The van der Waals surface area contributed by atoms with Crippen LogP contribution >= 0.6 is 11.3 Å². The van der Waals surface area contributed by atoms with E-state index in [1.807, 2.05) is 31.2 Å². The van der Waals surface area contributed by atoms with Crippen LogP contribution in [0.5, 0.6) is 11.5 Å². The highest BCUT2D eigenvalue weighted by Crippen LogP contribution is 2.39. The Morgan fingerprint density at radius 2 is 1.70 bits per heavy atom. The molecule has 1 heterocycles. The fraction of sp³-hybridized carbons (Fsp3) is 0.391. The molecule has 0 aliphatic heterocycles. The molecule has 0 radical (unpaired) electrons. The fourth-order valence-corrected chi connectivity index (χ4v) is 3.81. The maximum atomic E-state index is 13.6. The van der Waals surface area contributed by atoms with Crippen LogP contribution in [-0.2, 0) is 6.18 Å². The zero-order chi connectivity index (χ0) is 23.8. The number of rotatable bonds is 11. The van der Waals surface area contributed by atoms with E-state index in [1.165, 1.54) is 12.1 Å². The maximum absolute atomic E-state index is 13.6. The highest BCUT2D eigenvalue weighted by atomic mass is 32.1. The molecule has 6 nitrogen and oxygen atoms in total. The average Bonchev–Trinajstić information content (AvgIpc) is 3.29. The Kier molecular flexibility index (Phi) is 8.65. The van der Waals surface area contributed by atoms with Gasteiger partial charge < -0.3 is 20.3 Å². The lowest BCUT2D eigenvalue weighted by molar-refractivity contribution is -0.138. The van der Waals surface area contributed by atoms with Crippen molar-refractivity contribution >= 4 is 11.3 Å². The number of nitrogens with zero attached hydrogens (tertiary/aromatic N) is 2. The fourth-order valence-electron chi connectivity index (χ4n) is 2.98. The van der Waals surface area contributed by atoms with Crippen LogP contribution in [0, 0.1) is 6.92 Å². The second kappa shape index (κ2) is 11.4. The molecule has 3 N–H and O–H groups in total. The number of ether oxygens (including phenoxy) is 2. The minimum Gasteiger partial charge on any atom is -0.494 e. The standard InChI is InChI=1S/C23H26F3N3O3S/c1-15-5-8-17(9-6-15)31-11-3-2-4-12-32-20-10-7-16(13-18(20)23(24,25)26)21-28-29-22(33-21)19(27)14-30/h5-10,13,19,30H,2-4,11-12,14,27H2,1H3. The van der Waals surface area contributed by atoms with E-state index in [-0.39, 0.29) is 24.5 Å². The average molecular weight is 482 g/mol. The van der Waals surface area contributed by atoms with Crippen LogP contribution in [0.4, 0.5) is 13.2 Å². The van der Waals surface area contributed by atoms with Gasteiger partial charge >= 0.3 is 6.18 Å². The van der Waals surface area contributed by atoms with Crippen molar-refractivity contribution < 1.29 is 27.8 Å². The van der Waals surface area contributed by atoms with Gasteiger partial charge in [0.15, 0.2) is 0 Å². The van der Waals surface area contributed by atoms with Crippen molar-refractivity contribution in [3.05, 3.63) is 58.6 Å². The summed E-state index contributed by atoms with van der Waals surface area (Å²) >= 11 is 1.04. The lowest BCUT2D eigenvalue weighted by atomic mass is 10.1. The monoisotopic (exact) mass is 481 g/mol. The zero-order valence-corrected chi connectivity index (χ0v) is 19.0. The second-order valence-corrected chi connectivity index (χ2v) is 8.52. The van der Waals surface area contributed by atoms with Gasteiger partial charge in [-0.05, 0) is 56.5 Å². The molecule has 0 saturated heterocycles. The predicted octanol–water partition coefficient (Wildman–Crippen LogP) is 5.15. The van der Waals surface area contributed by atoms with Crippen molar-refractivity contribution in [3.8, 4) is 22.1 Å². The Morgan fingerprint density at radius 1 is 1.00 bits per heavy atom. The number of aryl methyl sites for hydroxylation is 1. The molecule has 1 atom stereocenters. The van der Waals surface area contributed by atoms with Crippen LogP contribution in [0.2, 0.25) is 0 Å². The summed E-state index contributed by atoms with van der Waals surface area (Å²) in [5.74, 6) is 0.576. The quantitative estimate of drug-likeness (QED) is 0.368. The van der Waals surface area contributed by atoms with E-state index in [4.69, 9.17) is 20.3 Å². The number of unbranched alkanes of at least 4 members (excludes halogenated alkanes) is 2. The number of benzene rings is 2. The minimum atomic E-state index is -4.58. The largest absolute Gasteiger partial charge is 0.494 e. The van der Waals surface area contributed by atoms with Crippen LogP contribution in [0.15, 0.2) is 42.5 Å². The van der Waals surface area contributed by atoms with E-state index in [0.717, 1.165) is 41.6 Å². The van der Waals surface area contributed by atoms with Crippen LogP contribution in [0.3, 0.4) is 0 Å². The van der Waals surface area contributed by atoms with E-state index in [9.17, 15) is 13.2 Å². The Morgan fingerprint density at radius 3 is 2.36 bits per heavy atom. The predicted molar refractivity (Wildman–Crippen MR) is 120 cm³/mol. The third-order valence-electron chi connectivity index (χ3n) is 4.82. The van der Waals surface area contributed by atoms with E-state index < -0.39 is 17.8 Å². The normalized spacial score (nSPS) is 12.5. The van der Waals surface area contributed by atoms with Gasteiger partial charge in [0.25, 0.3) is 0 Å². The van der Waals surface area contributed by atoms with Gasteiger partial charge in [-0.25, -0.2) is 0 Å². The number of aliphatic hydroxyl groups is 1. The van der Waals surface area contributed by atoms with Crippen LogP contribution in [-0.4, -0.2) is 35.1 Å². The van der Waals surface area contributed by atoms with Crippen molar-refractivity contribution in [2.24, 2.45) is 5.73 Å². The summed E-state index contributed by atoms with van der Waals surface area (Å²) in [6, 6.07) is 10.8. The maximum Gasteiger partial charge on any atom is 0.419 e. The highest BCUT2D eigenvalue weighted by molar-refractivity contribution is 7.14. The van der Waals surface area contributed by atoms with Crippen molar-refractivity contribution in [2.45, 2.75) is 38.4 Å². The molecule has 0 amide bonds. The molecule has 0 aliphatic rings. The van der Waals surface area contributed by atoms with Crippen molar-refractivity contribution in [1.29, 1.82) is 0 Å². The Labute approximate surface area is 194 Å². The van der Waals surface area contributed by atoms with E-state index in [2.05, 4.69) is 10.2 Å².